The Kier molecular flexibility index (Phi) is 2.93. The zero-order valence-electron chi connectivity index (χ0n) is 10.9. The fraction of sp³-hybridized carbons (Fsp3) is 0.462. The minimum absolute atomic E-state index is 0.0257. The van der Waals surface area contributed by atoms with Crippen LogP contribution in [0.3, 0.4) is 0 Å². The highest BCUT2D eigenvalue weighted by Gasteiger charge is 2.29. The molecule has 0 spiro atoms. The van der Waals surface area contributed by atoms with Crippen molar-refractivity contribution in [2.45, 2.75) is 19.3 Å². The number of amides is 1. The highest BCUT2D eigenvalue weighted by atomic mass is 35.5. The quantitative estimate of drug-likeness (QED) is 0.809. The maximum Gasteiger partial charge on any atom is 0.225 e. The number of aromatic nitrogens is 3. The molecule has 1 aliphatic rings. The van der Waals surface area contributed by atoms with Gasteiger partial charge in [-0.3, -0.25) is 4.79 Å². The summed E-state index contributed by atoms with van der Waals surface area (Å²) in [6.07, 6.45) is 3.88. The second kappa shape index (κ2) is 4.49. The molecule has 2 aromatic rings. The van der Waals surface area contributed by atoms with Crippen LogP contribution in [0.1, 0.15) is 17.7 Å². The van der Waals surface area contributed by atoms with Crippen molar-refractivity contribution in [3.63, 3.8) is 0 Å². The largest absolute Gasteiger partial charge is 0.349 e. The molecule has 1 atom stereocenters. The number of aryl methyl sites for hydroxylation is 1. The minimum Gasteiger partial charge on any atom is -0.349 e. The molecular formula is C13H15ClN4O. The van der Waals surface area contributed by atoms with Crippen LogP contribution in [0.5, 0.6) is 0 Å². The van der Waals surface area contributed by atoms with E-state index in [1.807, 2.05) is 0 Å². The van der Waals surface area contributed by atoms with Crippen LogP contribution in [0.15, 0.2) is 6.33 Å². The van der Waals surface area contributed by atoms with Gasteiger partial charge in [0.1, 0.15) is 17.1 Å². The van der Waals surface area contributed by atoms with E-state index in [-0.39, 0.29) is 11.8 Å². The van der Waals surface area contributed by atoms with Crippen molar-refractivity contribution < 1.29 is 4.79 Å². The Morgan fingerprint density at radius 1 is 1.47 bits per heavy atom. The van der Waals surface area contributed by atoms with E-state index in [4.69, 9.17) is 11.6 Å². The molecule has 2 aromatic heterocycles. The summed E-state index contributed by atoms with van der Waals surface area (Å²) in [7, 11) is 3.59. The summed E-state index contributed by atoms with van der Waals surface area (Å²) in [5.41, 5.74) is 3.01. The third kappa shape index (κ3) is 1.98. The predicted octanol–water partition coefficient (Wildman–Crippen LogP) is 1.80. The Balaban J connectivity index is 2.04. The number of fused-ring (bicyclic) bond motifs is 3. The fourth-order valence-electron chi connectivity index (χ4n) is 2.78. The first-order valence-corrected chi connectivity index (χ1v) is 6.66. The van der Waals surface area contributed by atoms with Crippen LogP contribution in [0.25, 0.3) is 11.0 Å². The topological polar surface area (TPSA) is 61.9 Å². The lowest BCUT2D eigenvalue weighted by Crippen LogP contribution is -2.33. The average Bonchev–Trinajstić information content (AvgIpc) is 2.76. The molecule has 0 saturated heterocycles. The van der Waals surface area contributed by atoms with Gasteiger partial charge in [0.2, 0.25) is 5.91 Å². The predicted molar refractivity (Wildman–Crippen MR) is 73.1 cm³/mol. The summed E-state index contributed by atoms with van der Waals surface area (Å²) in [5.74, 6) is 0.200. The molecule has 19 heavy (non-hydrogen) atoms. The van der Waals surface area contributed by atoms with E-state index in [0.717, 1.165) is 35.1 Å². The maximum absolute atomic E-state index is 12.1. The normalized spacial score (nSPS) is 18.4. The number of rotatable bonds is 1. The Labute approximate surface area is 116 Å². The molecule has 0 radical (unpaired) electrons. The minimum atomic E-state index is 0.0257. The molecule has 1 N–H and O–H groups in total. The van der Waals surface area contributed by atoms with Crippen LogP contribution >= 0.6 is 11.6 Å². The van der Waals surface area contributed by atoms with Gasteiger partial charge < -0.3 is 9.88 Å². The standard InChI is InChI=1S/C13H15ClN4O/c1-18(2)13(19)7-3-4-9-8(5-7)10-11(14)15-6-16-12(10)17-9/h6-7H,3-5H2,1-2H3,(H,15,16,17). The Hall–Kier alpha value is -1.62. The van der Waals surface area contributed by atoms with Crippen molar-refractivity contribution in [2.24, 2.45) is 5.92 Å². The van der Waals surface area contributed by atoms with Crippen molar-refractivity contribution in [3.8, 4) is 0 Å². The molecule has 1 aliphatic carbocycles. The van der Waals surface area contributed by atoms with E-state index in [0.29, 0.717) is 11.6 Å². The van der Waals surface area contributed by atoms with E-state index in [1.165, 1.54) is 6.33 Å². The average molecular weight is 279 g/mol. The second-order valence-corrected chi connectivity index (χ2v) is 5.50. The molecule has 3 rings (SSSR count). The van der Waals surface area contributed by atoms with Crippen molar-refractivity contribution in [1.29, 1.82) is 0 Å². The molecule has 0 bridgehead atoms. The smallest absolute Gasteiger partial charge is 0.225 e. The van der Waals surface area contributed by atoms with Crippen molar-refractivity contribution in [2.75, 3.05) is 14.1 Å². The third-order valence-corrected chi connectivity index (χ3v) is 4.01. The van der Waals surface area contributed by atoms with Gasteiger partial charge in [-0.05, 0) is 24.8 Å². The molecule has 0 fully saturated rings. The number of halogens is 1. The molecule has 6 heteroatoms. The van der Waals surface area contributed by atoms with Crippen LogP contribution < -0.4 is 0 Å². The number of nitrogens with one attached hydrogen (secondary N) is 1. The number of hydrogen-bond donors (Lipinski definition) is 1. The fourth-order valence-corrected chi connectivity index (χ4v) is 3.02. The van der Waals surface area contributed by atoms with Gasteiger partial charge in [-0.25, -0.2) is 9.97 Å². The Morgan fingerprint density at radius 3 is 3.00 bits per heavy atom. The molecule has 0 aromatic carbocycles. The van der Waals surface area contributed by atoms with E-state index >= 15 is 0 Å². The van der Waals surface area contributed by atoms with Crippen molar-refractivity contribution >= 4 is 28.5 Å². The van der Waals surface area contributed by atoms with Crippen molar-refractivity contribution in [3.05, 3.63) is 22.7 Å². The third-order valence-electron chi connectivity index (χ3n) is 3.72. The monoisotopic (exact) mass is 278 g/mol. The highest BCUT2D eigenvalue weighted by Crippen LogP contribution is 2.34. The van der Waals surface area contributed by atoms with Crippen LogP contribution in [-0.2, 0) is 17.6 Å². The number of carbonyl (C=O) groups is 1. The lowest BCUT2D eigenvalue weighted by molar-refractivity contribution is -0.133. The number of aromatic amines is 1. The molecular weight excluding hydrogens is 264 g/mol. The van der Waals surface area contributed by atoms with Gasteiger partial charge in [-0.15, -0.1) is 0 Å². The zero-order valence-corrected chi connectivity index (χ0v) is 11.7. The maximum atomic E-state index is 12.1. The lowest BCUT2D eigenvalue weighted by atomic mass is 9.86. The molecule has 0 saturated carbocycles. The van der Waals surface area contributed by atoms with Gasteiger partial charge in [-0.2, -0.15) is 0 Å². The van der Waals surface area contributed by atoms with Gasteiger partial charge in [0.05, 0.1) is 5.39 Å². The Bertz CT molecular complexity index is 649. The van der Waals surface area contributed by atoms with E-state index < -0.39 is 0 Å². The van der Waals surface area contributed by atoms with Gasteiger partial charge in [0.15, 0.2) is 0 Å². The number of hydrogen-bond acceptors (Lipinski definition) is 3. The first-order chi connectivity index (χ1) is 9.08. The molecule has 1 unspecified atom stereocenters. The summed E-state index contributed by atoms with van der Waals surface area (Å²) in [6, 6.07) is 0. The second-order valence-electron chi connectivity index (χ2n) is 5.14. The first-order valence-electron chi connectivity index (χ1n) is 6.29. The molecule has 0 aliphatic heterocycles. The van der Waals surface area contributed by atoms with Crippen LogP contribution in [0.2, 0.25) is 5.15 Å². The Morgan fingerprint density at radius 2 is 2.26 bits per heavy atom. The van der Waals surface area contributed by atoms with Crippen LogP contribution in [0.4, 0.5) is 0 Å². The van der Waals surface area contributed by atoms with Crippen molar-refractivity contribution in [1.82, 2.24) is 19.9 Å². The summed E-state index contributed by atoms with van der Waals surface area (Å²) in [4.78, 5) is 25.3. The van der Waals surface area contributed by atoms with E-state index in [2.05, 4.69) is 15.0 Å². The summed E-state index contributed by atoms with van der Waals surface area (Å²) in [6.45, 7) is 0. The SMILES string of the molecule is CN(C)C(=O)C1CCc2[nH]c3ncnc(Cl)c3c2C1. The van der Waals surface area contributed by atoms with E-state index in [9.17, 15) is 4.79 Å². The molecule has 1 amide bonds. The van der Waals surface area contributed by atoms with Gasteiger partial charge >= 0.3 is 0 Å². The molecule has 100 valence electrons. The lowest BCUT2D eigenvalue weighted by Gasteiger charge is -2.24. The van der Waals surface area contributed by atoms with Crippen LogP contribution in [0, 0.1) is 5.92 Å². The summed E-state index contributed by atoms with van der Waals surface area (Å²) >= 11 is 6.16. The number of H-pyrrole nitrogens is 1. The zero-order chi connectivity index (χ0) is 13.6. The number of nitrogens with zero attached hydrogens (tertiary/aromatic N) is 3. The molecule has 2 heterocycles. The molecule has 5 nitrogen and oxygen atoms in total. The number of carbonyl (C=O) groups excluding carboxylic acids is 1. The van der Waals surface area contributed by atoms with Gasteiger partial charge in [0.25, 0.3) is 0 Å². The summed E-state index contributed by atoms with van der Waals surface area (Å²) in [5, 5.41) is 1.33. The summed E-state index contributed by atoms with van der Waals surface area (Å²) < 4.78 is 0. The highest BCUT2D eigenvalue weighted by molar-refractivity contribution is 6.34. The van der Waals surface area contributed by atoms with Gasteiger partial charge in [-0.1, -0.05) is 11.6 Å². The van der Waals surface area contributed by atoms with E-state index in [1.54, 1.807) is 19.0 Å². The first kappa shape index (κ1) is 12.4. The van der Waals surface area contributed by atoms with Gasteiger partial charge in [0, 0.05) is 25.7 Å². The van der Waals surface area contributed by atoms with Crippen LogP contribution in [-0.4, -0.2) is 39.9 Å².